The fraction of sp³-hybridized carbons (Fsp3) is 0.111. The van der Waals surface area contributed by atoms with Gasteiger partial charge in [-0.1, -0.05) is 97.1 Å². The highest BCUT2D eigenvalue weighted by atomic mass is 16.5. The lowest BCUT2D eigenvalue weighted by atomic mass is 10.1. The average molecular weight is 559 g/mol. The van der Waals surface area contributed by atoms with Gasteiger partial charge in [0.25, 0.3) is 0 Å². The van der Waals surface area contributed by atoms with Crippen LogP contribution in [0.3, 0.4) is 0 Å². The molecule has 0 atom stereocenters. The van der Waals surface area contributed by atoms with Crippen molar-refractivity contribution >= 4 is 11.9 Å². The summed E-state index contributed by atoms with van der Waals surface area (Å²) in [5.74, 6) is 0.365. The molecule has 0 radical (unpaired) electrons. The van der Waals surface area contributed by atoms with Gasteiger partial charge in [0.15, 0.2) is 0 Å². The van der Waals surface area contributed by atoms with Crippen LogP contribution in [-0.4, -0.2) is 11.9 Å². The van der Waals surface area contributed by atoms with Crippen LogP contribution in [0.5, 0.6) is 11.5 Å². The Bertz CT molecular complexity index is 1480. The zero-order valence-electron chi connectivity index (χ0n) is 23.0. The van der Waals surface area contributed by atoms with Crippen molar-refractivity contribution < 1.29 is 28.5 Å². The van der Waals surface area contributed by atoms with E-state index in [1.165, 1.54) is 0 Å². The van der Waals surface area contributed by atoms with Crippen molar-refractivity contribution in [3.63, 3.8) is 0 Å². The Morgan fingerprint density at radius 3 is 1.19 bits per heavy atom. The maximum absolute atomic E-state index is 12.5. The van der Waals surface area contributed by atoms with E-state index in [1.807, 2.05) is 97.1 Å². The standard InChI is InChI=1S/C36H30O6/c37-35(41-25-27-9-3-1-4-10-27)31-13-7-15-33(21-31)39-23-29-17-19-30(20-18-29)24-40-34-16-8-14-32(22-34)36(38)42-26-28-11-5-2-6-12-28/h1-22H,23-26H2. The van der Waals surface area contributed by atoms with Gasteiger partial charge in [0.2, 0.25) is 0 Å². The molecule has 0 unspecified atom stereocenters. The van der Waals surface area contributed by atoms with Crippen LogP contribution in [0, 0.1) is 0 Å². The summed E-state index contributed by atoms with van der Waals surface area (Å²) in [4.78, 5) is 24.9. The van der Waals surface area contributed by atoms with Crippen LogP contribution < -0.4 is 9.47 Å². The van der Waals surface area contributed by atoms with Gasteiger partial charge in [-0.15, -0.1) is 0 Å². The lowest BCUT2D eigenvalue weighted by Gasteiger charge is -2.10. The molecule has 5 aromatic carbocycles. The molecule has 0 amide bonds. The highest BCUT2D eigenvalue weighted by Gasteiger charge is 2.10. The first kappa shape index (κ1) is 28.2. The Morgan fingerprint density at radius 1 is 0.405 bits per heavy atom. The van der Waals surface area contributed by atoms with Gasteiger partial charge in [-0.3, -0.25) is 0 Å². The number of esters is 2. The van der Waals surface area contributed by atoms with Crippen molar-refractivity contribution in [2.75, 3.05) is 0 Å². The van der Waals surface area contributed by atoms with Crippen LogP contribution in [0.15, 0.2) is 133 Å². The third kappa shape index (κ3) is 8.32. The normalized spacial score (nSPS) is 10.5. The molecule has 0 heterocycles. The van der Waals surface area contributed by atoms with Crippen molar-refractivity contribution in [3.05, 3.63) is 167 Å². The smallest absolute Gasteiger partial charge is 0.338 e. The van der Waals surface area contributed by atoms with Crippen molar-refractivity contribution in [1.82, 2.24) is 0 Å². The summed E-state index contributed by atoms with van der Waals surface area (Å²) in [6.45, 7) is 1.12. The molecule has 0 aliphatic heterocycles. The molecule has 0 aliphatic rings. The number of carbonyl (C=O) groups excluding carboxylic acids is 2. The first-order valence-electron chi connectivity index (χ1n) is 13.6. The van der Waals surface area contributed by atoms with E-state index in [4.69, 9.17) is 18.9 Å². The molecular formula is C36H30O6. The largest absolute Gasteiger partial charge is 0.489 e. The molecule has 42 heavy (non-hydrogen) atoms. The van der Waals surface area contributed by atoms with Gasteiger partial charge in [0.05, 0.1) is 11.1 Å². The van der Waals surface area contributed by atoms with Gasteiger partial charge >= 0.3 is 11.9 Å². The number of ether oxygens (including phenoxy) is 4. The van der Waals surface area contributed by atoms with E-state index >= 15 is 0 Å². The fourth-order valence-electron chi connectivity index (χ4n) is 4.10. The van der Waals surface area contributed by atoms with Crippen LogP contribution in [0.2, 0.25) is 0 Å². The molecule has 0 saturated carbocycles. The Labute approximate surface area is 245 Å². The summed E-state index contributed by atoms with van der Waals surface area (Å²) in [5.41, 5.74) is 4.67. The summed E-state index contributed by atoms with van der Waals surface area (Å²) in [6, 6.07) is 40.9. The minimum Gasteiger partial charge on any atom is -0.489 e. The highest BCUT2D eigenvalue weighted by molar-refractivity contribution is 5.90. The lowest BCUT2D eigenvalue weighted by molar-refractivity contribution is 0.0463. The zero-order chi connectivity index (χ0) is 29.0. The molecule has 0 N–H and O–H groups in total. The van der Waals surface area contributed by atoms with Gasteiger partial charge in [-0.2, -0.15) is 0 Å². The minimum atomic E-state index is -0.400. The summed E-state index contributed by atoms with van der Waals surface area (Å²) in [7, 11) is 0. The summed E-state index contributed by atoms with van der Waals surface area (Å²) >= 11 is 0. The molecule has 210 valence electrons. The highest BCUT2D eigenvalue weighted by Crippen LogP contribution is 2.19. The van der Waals surface area contributed by atoms with E-state index in [-0.39, 0.29) is 13.2 Å². The SMILES string of the molecule is O=C(OCc1ccccc1)c1cccc(OCc2ccc(COc3cccc(C(=O)OCc4ccccc4)c3)cc2)c1. The number of hydrogen-bond donors (Lipinski definition) is 0. The number of benzene rings is 5. The zero-order valence-corrected chi connectivity index (χ0v) is 23.0. The summed E-state index contributed by atoms with van der Waals surface area (Å²) < 4.78 is 22.7. The fourth-order valence-corrected chi connectivity index (χ4v) is 4.10. The van der Waals surface area contributed by atoms with Gasteiger partial charge < -0.3 is 18.9 Å². The van der Waals surface area contributed by atoms with Crippen molar-refractivity contribution in [2.45, 2.75) is 26.4 Å². The van der Waals surface area contributed by atoms with Gasteiger partial charge in [-0.05, 0) is 58.7 Å². The Balaban J connectivity index is 1.08. The molecule has 0 aliphatic carbocycles. The average Bonchev–Trinajstić information content (AvgIpc) is 3.06. The van der Waals surface area contributed by atoms with E-state index in [1.54, 1.807) is 36.4 Å². The van der Waals surface area contributed by atoms with Crippen LogP contribution >= 0.6 is 0 Å². The maximum atomic E-state index is 12.5. The van der Waals surface area contributed by atoms with E-state index in [0.717, 1.165) is 22.3 Å². The summed E-state index contributed by atoms with van der Waals surface area (Å²) in [5, 5.41) is 0. The number of hydrogen-bond acceptors (Lipinski definition) is 6. The molecule has 0 aromatic heterocycles. The van der Waals surface area contributed by atoms with Crippen LogP contribution in [0.25, 0.3) is 0 Å². The number of rotatable bonds is 12. The Hall–Kier alpha value is -5.36. The second-order valence-corrected chi connectivity index (χ2v) is 9.57. The lowest BCUT2D eigenvalue weighted by Crippen LogP contribution is -2.06. The van der Waals surface area contributed by atoms with Crippen molar-refractivity contribution in [1.29, 1.82) is 0 Å². The van der Waals surface area contributed by atoms with Gasteiger partial charge in [0.1, 0.15) is 37.9 Å². The second kappa shape index (κ2) is 14.3. The van der Waals surface area contributed by atoms with Gasteiger partial charge in [0, 0.05) is 0 Å². The monoisotopic (exact) mass is 558 g/mol. The maximum Gasteiger partial charge on any atom is 0.338 e. The third-order valence-corrected chi connectivity index (χ3v) is 6.40. The van der Waals surface area contributed by atoms with E-state index in [9.17, 15) is 9.59 Å². The predicted octanol–water partition coefficient (Wildman–Crippen LogP) is 7.56. The van der Waals surface area contributed by atoms with Crippen LogP contribution in [0.4, 0.5) is 0 Å². The minimum absolute atomic E-state index is 0.216. The van der Waals surface area contributed by atoms with Crippen molar-refractivity contribution in [2.24, 2.45) is 0 Å². The quantitative estimate of drug-likeness (QED) is 0.147. The molecule has 0 bridgehead atoms. The first-order valence-corrected chi connectivity index (χ1v) is 13.6. The molecule has 0 saturated heterocycles. The van der Waals surface area contributed by atoms with Crippen molar-refractivity contribution in [3.8, 4) is 11.5 Å². The Morgan fingerprint density at radius 2 is 0.786 bits per heavy atom. The number of carbonyl (C=O) groups is 2. The molecule has 6 heteroatoms. The second-order valence-electron chi connectivity index (χ2n) is 9.57. The van der Waals surface area contributed by atoms with Gasteiger partial charge in [-0.25, -0.2) is 9.59 Å². The Kier molecular flexibility index (Phi) is 9.61. The molecule has 5 rings (SSSR count). The first-order chi connectivity index (χ1) is 20.6. The molecule has 5 aromatic rings. The van der Waals surface area contributed by atoms with Crippen LogP contribution in [-0.2, 0) is 35.9 Å². The van der Waals surface area contributed by atoms with E-state index in [0.29, 0.717) is 35.8 Å². The predicted molar refractivity (Wildman–Crippen MR) is 159 cm³/mol. The van der Waals surface area contributed by atoms with Crippen LogP contribution in [0.1, 0.15) is 43.0 Å². The van der Waals surface area contributed by atoms with E-state index < -0.39 is 11.9 Å². The third-order valence-electron chi connectivity index (χ3n) is 6.40. The summed E-state index contributed by atoms with van der Waals surface area (Å²) in [6.07, 6.45) is 0. The molecular weight excluding hydrogens is 528 g/mol. The molecule has 0 spiro atoms. The van der Waals surface area contributed by atoms with E-state index in [2.05, 4.69) is 0 Å². The topological polar surface area (TPSA) is 71.1 Å². The molecule has 0 fully saturated rings. The molecule has 6 nitrogen and oxygen atoms in total.